The van der Waals surface area contributed by atoms with Gasteiger partial charge in [-0.2, -0.15) is 0 Å². The highest BCUT2D eigenvalue weighted by Gasteiger charge is 2.08. The van der Waals surface area contributed by atoms with Gasteiger partial charge in [-0.3, -0.25) is 14.9 Å². The molecule has 94 valence electrons. The molecule has 1 aromatic heterocycles. The maximum Gasteiger partial charge on any atom is 0.304 e. The fraction of sp³-hybridized carbons (Fsp3) is 0.182. The van der Waals surface area contributed by atoms with Gasteiger partial charge in [-0.05, 0) is 12.5 Å². The summed E-state index contributed by atoms with van der Waals surface area (Å²) in [5.74, 6) is 0. The second-order valence-electron chi connectivity index (χ2n) is 3.78. The third-order valence-corrected chi connectivity index (χ3v) is 3.19. The highest BCUT2D eigenvalue weighted by molar-refractivity contribution is 7.07. The van der Waals surface area contributed by atoms with Crippen LogP contribution in [0.25, 0.3) is 0 Å². The molecular formula is C11H11N3O3S. The second kappa shape index (κ2) is 5.01. The van der Waals surface area contributed by atoms with Crippen LogP contribution in [0.2, 0.25) is 0 Å². The van der Waals surface area contributed by atoms with Crippen LogP contribution in [0, 0.1) is 17.0 Å². The number of H-pyrrole nitrogens is 1. The van der Waals surface area contributed by atoms with Crippen molar-refractivity contribution < 1.29 is 4.92 Å². The zero-order valence-corrected chi connectivity index (χ0v) is 10.4. The van der Waals surface area contributed by atoms with Crippen LogP contribution in [0.4, 0.5) is 11.4 Å². The van der Waals surface area contributed by atoms with Crippen LogP contribution in [-0.4, -0.2) is 9.91 Å². The molecule has 2 rings (SSSR count). The van der Waals surface area contributed by atoms with E-state index in [2.05, 4.69) is 10.3 Å². The average Bonchev–Trinajstić information content (AvgIpc) is 2.74. The van der Waals surface area contributed by atoms with Gasteiger partial charge in [0.25, 0.3) is 5.69 Å². The van der Waals surface area contributed by atoms with E-state index in [4.69, 9.17) is 0 Å². The molecule has 18 heavy (non-hydrogen) atoms. The van der Waals surface area contributed by atoms with E-state index in [9.17, 15) is 14.9 Å². The quantitative estimate of drug-likeness (QED) is 0.655. The first-order valence-electron chi connectivity index (χ1n) is 5.22. The standard InChI is InChI=1S/C11H11N3O3S/c1-7-2-3-9(14(16)17)4-10(7)12-5-8-6-18-11(15)13-8/h2-4,6,12H,5H2,1H3,(H,13,15). The topological polar surface area (TPSA) is 88.0 Å². The summed E-state index contributed by atoms with van der Waals surface area (Å²) < 4.78 is 0. The molecule has 6 nitrogen and oxygen atoms in total. The molecule has 2 aromatic rings. The molecule has 0 saturated heterocycles. The van der Waals surface area contributed by atoms with E-state index in [1.54, 1.807) is 11.4 Å². The Morgan fingerprint density at radius 2 is 2.28 bits per heavy atom. The maximum atomic E-state index is 11.0. The molecule has 0 saturated carbocycles. The monoisotopic (exact) mass is 265 g/mol. The van der Waals surface area contributed by atoms with Gasteiger partial charge < -0.3 is 10.3 Å². The first kappa shape index (κ1) is 12.3. The van der Waals surface area contributed by atoms with Gasteiger partial charge in [-0.15, -0.1) is 0 Å². The van der Waals surface area contributed by atoms with Gasteiger partial charge in [-0.1, -0.05) is 17.4 Å². The van der Waals surface area contributed by atoms with Crippen LogP contribution in [0.5, 0.6) is 0 Å². The number of rotatable bonds is 4. The van der Waals surface area contributed by atoms with Crippen molar-refractivity contribution in [1.29, 1.82) is 0 Å². The number of nitrogens with zero attached hydrogens (tertiary/aromatic N) is 1. The first-order chi connectivity index (χ1) is 8.56. The lowest BCUT2D eigenvalue weighted by Crippen LogP contribution is -2.04. The number of nitrogens with one attached hydrogen (secondary N) is 2. The molecule has 0 unspecified atom stereocenters. The number of hydrogen-bond acceptors (Lipinski definition) is 5. The Kier molecular flexibility index (Phi) is 3.42. The number of aromatic amines is 1. The Balaban J connectivity index is 2.15. The van der Waals surface area contributed by atoms with Crippen LogP contribution < -0.4 is 10.2 Å². The maximum absolute atomic E-state index is 11.0. The lowest BCUT2D eigenvalue weighted by Gasteiger charge is -2.07. The van der Waals surface area contributed by atoms with Crippen molar-refractivity contribution in [2.75, 3.05) is 5.32 Å². The molecule has 0 spiro atoms. The predicted octanol–water partition coefficient (Wildman–Crippen LogP) is 2.27. The summed E-state index contributed by atoms with van der Waals surface area (Å²) in [6, 6.07) is 4.64. The summed E-state index contributed by atoms with van der Waals surface area (Å²) in [7, 11) is 0. The largest absolute Gasteiger partial charge is 0.379 e. The van der Waals surface area contributed by atoms with E-state index in [-0.39, 0.29) is 10.6 Å². The summed E-state index contributed by atoms with van der Waals surface area (Å²) in [5.41, 5.74) is 2.41. The number of benzene rings is 1. The number of anilines is 1. The SMILES string of the molecule is Cc1ccc([N+](=O)[O-])cc1NCc1csc(=O)[nH]1. The number of aromatic nitrogens is 1. The smallest absolute Gasteiger partial charge is 0.304 e. The van der Waals surface area contributed by atoms with Gasteiger partial charge in [0, 0.05) is 28.9 Å². The van der Waals surface area contributed by atoms with Crippen molar-refractivity contribution in [1.82, 2.24) is 4.98 Å². The van der Waals surface area contributed by atoms with Gasteiger partial charge in [0.05, 0.1) is 11.5 Å². The van der Waals surface area contributed by atoms with Crippen molar-refractivity contribution in [3.63, 3.8) is 0 Å². The Morgan fingerprint density at radius 1 is 1.50 bits per heavy atom. The van der Waals surface area contributed by atoms with Gasteiger partial charge in [0.2, 0.25) is 0 Å². The van der Waals surface area contributed by atoms with Crippen LogP contribution in [-0.2, 0) is 6.54 Å². The van der Waals surface area contributed by atoms with Crippen LogP contribution >= 0.6 is 11.3 Å². The number of aryl methyl sites for hydroxylation is 1. The molecule has 2 N–H and O–H groups in total. The molecule has 7 heteroatoms. The fourth-order valence-electron chi connectivity index (χ4n) is 1.50. The highest BCUT2D eigenvalue weighted by Crippen LogP contribution is 2.22. The minimum atomic E-state index is -0.433. The molecule has 0 bridgehead atoms. The summed E-state index contributed by atoms with van der Waals surface area (Å²) in [5, 5.41) is 15.5. The number of hydrogen-bond donors (Lipinski definition) is 2. The van der Waals surface area contributed by atoms with Crippen LogP contribution in [0.15, 0.2) is 28.4 Å². The summed E-state index contributed by atoms with van der Waals surface area (Å²) in [6.45, 7) is 2.29. The van der Waals surface area contributed by atoms with Gasteiger partial charge in [-0.25, -0.2) is 0 Å². The van der Waals surface area contributed by atoms with Crippen LogP contribution in [0.1, 0.15) is 11.3 Å². The van der Waals surface area contributed by atoms with E-state index < -0.39 is 4.92 Å². The van der Waals surface area contributed by atoms with E-state index in [1.807, 2.05) is 6.92 Å². The van der Waals surface area contributed by atoms with E-state index in [0.29, 0.717) is 12.2 Å². The minimum Gasteiger partial charge on any atom is -0.379 e. The molecule has 0 aliphatic rings. The van der Waals surface area contributed by atoms with Gasteiger partial charge >= 0.3 is 4.87 Å². The van der Waals surface area contributed by atoms with Gasteiger partial charge in [0.1, 0.15) is 0 Å². The highest BCUT2D eigenvalue weighted by atomic mass is 32.1. The molecule has 0 radical (unpaired) electrons. The summed E-state index contributed by atoms with van der Waals surface area (Å²) in [6.07, 6.45) is 0. The van der Waals surface area contributed by atoms with Crippen molar-refractivity contribution in [3.8, 4) is 0 Å². The molecule has 0 amide bonds. The second-order valence-corrected chi connectivity index (χ2v) is 4.63. The first-order valence-corrected chi connectivity index (χ1v) is 6.10. The van der Waals surface area contributed by atoms with Crippen molar-refractivity contribution >= 4 is 22.7 Å². The predicted molar refractivity (Wildman–Crippen MR) is 70.1 cm³/mol. The Bertz CT molecular complexity index is 632. The molecule has 1 heterocycles. The molecule has 0 aliphatic carbocycles. The van der Waals surface area contributed by atoms with E-state index >= 15 is 0 Å². The number of nitro benzene ring substituents is 1. The lowest BCUT2D eigenvalue weighted by atomic mass is 10.2. The summed E-state index contributed by atoms with van der Waals surface area (Å²) in [4.78, 5) is 23.8. The van der Waals surface area contributed by atoms with Gasteiger partial charge in [0.15, 0.2) is 0 Å². The van der Waals surface area contributed by atoms with Crippen molar-refractivity contribution in [2.45, 2.75) is 13.5 Å². The lowest BCUT2D eigenvalue weighted by molar-refractivity contribution is -0.384. The molecule has 1 aromatic carbocycles. The fourth-order valence-corrected chi connectivity index (χ4v) is 2.09. The number of thiazole rings is 1. The van der Waals surface area contributed by atoms with E-state index in [0.717, 1.165) is 22.6 Å². The van der Waals surface area contributed by atoms with Crippen molar-refractivity contribution in [2.24, 2.45) is 0 Å². The molecule has 0 atom stereocenters. The van der Waals surface area contributed by atoms with Crippen molar-refractivity contribution in [3.05, 3.63) is 54.6 Å². The zero-order chi connectivity index (χ0) is 13.1. The normalized spacial score (nSPS) is 10.3. The Morgan fingerprint density at radius 3 is 2.89 bits per heavy atom. The zero-order valence-electron chi connectivity index (χ0n) is 9.60. The Hall–Kier alpha value is -2.15. The number of nitro groups is 1. The van der Waals surface area contributed by atoms with Crippen LogP contribution in [0.3, 0.4) is 0 Å². The third-order valence-electron chi connectivity index (χ3n) is 2.47. The Labute approximate surface area is 106 Å². The average molecular weight is 265 g/mol. The molecule has 0 fully saturated rings. The number of non-ortho nitro benzene ring substituents is 1. The molecule has 0 aliphatic heterocycles. The van der Waals surface area contributed by atoms with E-state index in [1.165, 1.54) is 12.1 Å². The third kappa shape index (κ3) is 2.75. The minimum absolute atomic E-state index is 0.0434. The molecular weight excluding hydrogens is 254 g/mol. The summed E-state index contributed by atoms with van der Waals surface area (Å²) >= 11 is 1.09.